The van der Waals surface area contributed by atoms with Crippen molar-refractivity contribution in [1.29, 1.82) is 0 Å². The molecule has 0 aromatic heterocycles. The predicted octanol–water partition coefficient (Wildman–Crippen LogP) is 2.88. The molecule has 0 aliphatic carbocycles. The normalized spacial score (nSPS) is 10.8. The van der Waals surface area contributed by atoms with Crippen molar-refractivity contribution < 1.29 is 9.90 Å². The zero-order chi connectivity index (χ0) is 12.1. The summed E-state index contributed by atoms with van der Waals surface area (Å²) in [4.78, 5) is 13.0. The van der Waals surface area contributed by atoms with Crippen LogP contribution in [0.25, 0.3) is 0 Å². The molecule has 0 heterocycles. The van der Waals surface area contributed by atoms with Gasteiger partial charge >= 0.3 is 5.97 Å². The number of hydrogen-bond acceptors (Lipinski definition) is 2. The molecule has 0 fully saturated rings. The standard InChI is InChI=1S/C12H16ClNO2/c1-3-4-14(2)8-9-5-10(12(15)16)7-11(13)6-9/h5-7H,3-4,8H2,1-2H3,(H,15,16). The molecule has 0 spiro atoms. The van der Waals surface area contributed by atoms with Crippen molar-refractivity contribution >= 4 is 17.6 Å². The van der Waals surface area contributed by atoms with E-state index < -0.39 is 5.97 Å². The summed E-state index contributed by atoms with van der Waals surface area (Å²) in [6.07, 6.45) is 1.07. The van der Waals surface area contributed by atoms with Gasteiger partial charge in [-0.25, -0.2) is 4.79 Å². The Morgan fingerprint density at radius 1 is 1.44 bits per heavy atom. The van der Waals surface area contributed by atoms with Gasteiger partial charge in [0.15, 0.2) is 0 Å². The number of hydrogen-bond donors (Lipinski definition) is 1. The molecule has 0 saturated heterocycles. The van der Waals surface area contributed by atoms with Gasteiger partial charge in [-0.05, 0) is 43.8 Å². The SMILES string of the molecule is CCCN(C)Cc1cc(Cl)cc(C(=O)O)c1. The van der Waals surface area contributed by atoms with E-state index in [1.165, 1.54) is 6.07 Å². The molecule has 0 radical (unpaired) electrons. The highest BCUT2D eigenvalue weighted by Crippen LogP contribution is 2.16. The van der Waals surface area contributed by atoms with E-state index >= 15 is 0 Å². The van der Waals surface area contributed by atoms with Gasteiger partial charge in [-0.1, -0.05) is 18.5 Å². The van der Waals surface area contributed by atoms with Gasteiger partial charge in [0, 0.05) is 11.6 Å². The molecule has 0 amide bonds. The quantitative estimate of drug-likeness (QED) is 0.862. The summed E-state index contributed by atoms with van der Waals surface area (Å²) in [7, 11) is 2.00. The van der Waals surface area contributed by atoms with Crippen LogP contribution in [0.1, 0.15) is 29.3 Å². The second-order valence-electron chi connectivity index (χ2n) is 3.89. The maximum absolute atomic E-state index is 10.8. The van der Waals surface area contributed by atoms with Crippen LogP contribution in [-0.2, 0) is 6.54 Å². The molecule has 88 valence electrons. The van der Waals surface area contributed by atoms with Gasteiger partial charge in [0.05, 0.1) is 5.56 Å². The van der Waals surface area contributed by atoms with Gasteiger partial charge in [0.2, 0.25) is 0 Å². The highest BCUT2D eigenvalue weighted by molar-refractivity contribution is 6.31. The molecule has 0 saturated carbocycles. The number of halogens is 1. The van der Waals surface area contributed by atoms with Gasteiger partial charge in [-0.3, -0.25) is 0 Å². The van der Waals surface area contributed by atoms with Crippen molar-refractivity contribution in [3.8, 4) is 0 Å². The van der Waals surface area contributed by atoms with Crippen LogP contribution in [0.15, 0.2) is 18.2 Å². The van der Waals surface area contributed by atoms with E-state index in [0.717, 1.165) is 18.5 Å². The summed E-state index contributed by atoms with van der Waals surface area (Å²) in [5, 5.41) is 9.37. The number of carboxylic acids is 1. The lowest BCUT2D eigenvalue weighted by atomic mass is 10.1. The Morgan fingerprint density at radius 3 is 2.69 bits per heavy atom. The highest BCUT2D eigenvalue weighted by Gasteiger charge is 2.07. The monoisotopic (exact) mass is 241 g/mol. The van der Waals surface area contributed by atoms with E-state index in [1.807, 2.05) is 7.05 Å². The first-order chi connectivity index (χ1) is 7.52. The van der Waals surface area contributed by atoms with Gasteiger partial charge in [0.25, 0.3) is 0 Å². The Morgan fingerprint density at radius 2 is 2.12 bits per heavy atom. The first kappa shape index (κ1) is 13.0. The highest BCUT2D eigenvalue weighted by atomic mass is 35.5. The van der Waals surface area contributed by atoms with E-state index in [2.05, 4.69) is 11.8 Å². The third kappa shape index (κ3) is 3.83. The molecule has 0 atom stereocenters. The minimum Gasteiger partial charge on any atom is -0.478 e. The molecule has 0 aliphatic heterocycles. The van der Waals surface area contributed by atoms with Crippen LogP contribution in [0, 0.1) is 0 Å². The molecule has 0 aliphatic rings. The van der Waals surface area contributed by atoms with Crippen LogP contribution < -0.4 is 0 Å². The lowest BCUT2D eigenvalue weighted by Gasteiger charge is -2.15. The van der Waals surface area contributed by atoms with Gasteiger partial charge in [0.1, 0.15) is 0 Å². The maximum atomic E-state index is 10.8. The molecule has 4 heteroatoms. The minimum absolute atomic E-state index is 0.243. The fourth-order valence-corrected chi connectivity index (χ4v) is 1.90. The van der Waals surface area contributed by atoms with Crippen molar-refractivity contribution in [2.75, 3.05) is 13.6 Å². The molecule has 3 nitrogen and oxygen atoms in total. The fourth-order valence-electron chi connectivity index (χ4n) is 1.64. The second kappa shape index (κ2) is 5.87. The first-order valence-corrected chi connectivity index (χ1v) is 5.62. The lowest BCUT2D eigenvalue weighted by molar-refractivity contribution is 0.0696. The zero-order valence-electron chi connectivity index (χ0n) is 9.53. The maximum Gasteiger partial charge on any atom is 0.335 e. The number of benzene rings is 1. The Balaban J connectivity index is 2.84. The van der Waals surface area contributed by atoms with Crippen LogP contribution in [0.5, 0.6) is 0 Å². The van der Waals surface area contributed by atoms with Crippen LogP contribution in [0.2, 0.25) is 5.02 Å². The molecule has 1 aromatic rings. The first-order valence-electron chi connectivity index (χ1n) is 5.24. The number of carboxylic acid groups (broad SMARTS) is 1. The van der Waals surface area contributed by atoms with Crippen LogP contribution in [0.3, 0.4) is 0 Å². The van der Waals surface area contributed by atoms with Gasteiger partial charge in [-0.2, -0.15) is 0 Å². The van der Waals surface area contributed by atoms with Gasteiger partial charge < -0.3 is 10.0 Å². The van der Waals surface area contributed by atoms with Crippen molar-refractivity contribution in [3.05, 3.63) is 34.3 Å². The molecule has 0 bridgehead atoms. The van der Waals surface area contributed by atoms with Crippen molar-refractivity contribution in [2.45, 2.75) is 19.9 Å². The molecule has 16 heavy (non-hydrogen) atoms. The lowest BCUT2D eigenvalue weighted by Crippen LogP contribution is -2.18. The Kier molecular flexibility index (Phi) is 4.77. The fraction of sp³-hybridized carbons (Fsp3) is 0.417. The third-order valence-corrected chi connectivity index (χ3v) is 2.48. The van der Waals surface area contributed by atoms with Gasteiger partial charge in [-0.15, -0.1) is 0 Å². The number of aromatic carboxylic acids is 1. The summed E-state index contributed by atoms with van der Waals surface area (Å²) >= 11 is 5.87. The van der Waals surface area contributed by atoms with Crippen molar-refractivity contribution in [3.63, 3.8) is 0 Å². The average molecular weight is 242 g/mol. The number of carbonyl (C=O) groups is 1. The minimum atomic E-state index is -0.943. The van der Waals surface area contributed by atoms with E-state index in [9.17, 15) is 4.79 Å². The Bertz CT molecular complexity index is 379. The topological polar surface area (TPSA) is 40.5 Å². The van der Waals surface area contributed by atoms with E-state index in [0.29, 0.717) is 11.6 Å². The van der Waals surface area contributed by atoms with Crippen LogP contribution in [0.4, 0.5) is 0 Å². The van der Waals surface area contributed by atoms with E-state index in [4.69, 9.17) is 16.7 Å². The summed E-state index contributed by atoms with van der Waals surface area (Å²) in [5.74, 6) is -0.943. The number of nitrogens with zero attached hydrogens (tertiary/aromatic N) is 1. The summed E-state index contributed by atoms with van der Waals surface area (Å²) < 4.78 is 0. The summed E-state index contributed by atoms with van der Waals surface area (Å²) in [6.45, 7) is 3.81. The zero-order valence-corrected chi connectivity index (χ0v) is 10.3. The molecule has 1 N–H and O–H groups in total. The Labute approximate surface area is 101 Å². The summed E-state index contributed by atoms with van der Waals surface area (Å²) in [5.41, 5.74) is 1.17. The number of rotatable bonds is 5. The molecular formula is C12H16ClNO2. The van der Waals surface area contributed by atoms with E-state index in [-0.39, 0.29) is 5.56 Å². The van der Waals surface area contributed by atoms with Crippen LogP contribution >= 0.6 is 11.6 Å². The molecule has 0 unspecified atom stereocenters. The van der Waals surface area contributed by atoms with E-state index in [1.54, 1.807) is 12.1 Å². The van der Waals surface area contributed by atoms with Crippen LogP contribution in [-0.4, -0.2) is 29.6 Å². The largest absolute Gasteiger partial charge is 0.478 e. The average Bonchev–Trinajstić information content (AvgIpc) is 2.16. The molecule has 1 aromatic carbocycles. The third-order valence-electron chi connectivity index (χ3n) is 2.26. The molecular weight excluding hydrogens is 226 g/mol. The molecule has 1 rings (SSSR count). The van der Waals surface area contributed by atoms with Crippen molar-refractivity contribution in [1.82, 2.24) is 4.90 Å². The Hall–Kier alpha value is -1.06. The summed E-state index contributed by atoms with van der Waals surface area (Å²) in [6, 6.07) is 4.94. The van der Waals surface area contributed by atoms with Crippen molar-refractivity contribution in [2.24, 2.45) is 0 Å². The second-order valence-corrected chi connectivity index (χ2v) is 4.33. The predicted molar refractivity (Wildman–Crippen MR) is 65.0 cm³/mol. The smallest absolute Gasteiger partial charge is 0.335 e.